The third kappa shape index (κ3) is 4.64. The van der Waals surface area contributed by atoms with E-state index in [-0.39, 0.29) is 23.8 Å². The molecule has 0 fully saturated rings. The monoisotopic (exact) mass is 522 g/mol. The third-order valence-electron chi connectivity index (χ3n) is 6.32. The van der Waals surface area contributed by atoms with Gasteiger partial charge in [0.05, 0.1) is 18.3 Å². The average molecular weight is 523 g/mol. The van der Waals surface area contributed by atoms with Crippen molar-refractivity contribution in [3.8, 4) is 22.8 Å². The number of hydrogen-bond acceptors (Lipinski definition) is 6. The number of halogens is 3. The number of imidazole rings is 2. The zero-order valence-electron chi connectivity index (χ0n) is 21.0. The van der Waals surface area contributed by atoms with Crippen LogP contribution in [0.15, 0.2) is 53.6 Å². The van der Waals surface area contributed by atoms with Crippen LogP contribution in [-0.4, -0.2) is 47.6 Å². The summed E-state index contributed by atoms with van der Waals surface area (Å²) in [5, 5.41) is 0. The van der Waals surface area contributed by atoms with Crippen LogP contribution in [0.1, 0.15) is 30.8 Å². The second-order valence-electron chi connectivity index (χ2n) is 8.75. The third-order valence-corrected chi connectivity index (χ3v) is 6.32. The molecule has 9 nitrogen and oxygen atoms in total. The van der Waals surface area contributed by atoms with E-state index in [9.17, 15) is 18.0 Å². The van der Waals surface area contributed by atoms with Crippen LogP contribution < -0.4 is 10.6 Å². The van der Waals surface area contributed by atoms with Crippen molar-refractivity contribution in [1.82, 2.24) is 34.5 Å². The lowest BCUT2D eigenvalue weighted by atomic mass is 10.1. The summed E-state index contributed by atoms with van der Waals surface area (Å²) in [5.41, 5.74) is 1.64. The minimum atomic E-state index is -4.53. The van der Waals surface area contributed by atoms with Crippen molar-refractivity contribution in [2.45, 2.75) is 33.5 Å². The predicted octanol–water partition coefficient (Wildman–Crippen LogP) is 4.79. The normalized spacial score (nSPS) is 11.8. The highest BCUT2D eigenvalue weighted by atomic mass is 19.4. The lowest BCUT2D eigenvalue weighted by Gasteiger charge is -2.22. The van der Waals surface area contributed by atoms with Gasteiger partial charge in [0.1, 0.15) is 17.2 Å². The van der Waals surface area contributed by atoms with E-state index in [1.54, 1.807) is 36.7 Å². The molecule has 5 aromatic rings. The van der Waals surface area contributed by atoms with E-state index >= 15 is 0 Å². The summed E-state index contributed by atoms with van der Waals surface area (Å²) in [6.07, 6.45) is -1.23. The minimum Gasteiger partial charge on any atom is -0.357 e. The van der Waals surface area contributed by atoms with Crippen molar-refractivity contribution in [2.75, 3.05) is 18.0 Å². The van der Waals surface area contributed by atoms with Gasteiger partial charge in [-0.1, -0.05) is 24.3 Å². The number of anilines is 1. The summed E-state index contributed by atoms with van der Waals surface area (Å²) in [4.78, 5) is 37.8. The van der Waals surface area contributed by atoms with Crippen molar-refractivity contribution >= 4 is 17.0 Å². The Labute approximate surface area is 215 Å². The lowest BCUT2D eigenvalue weighted by Crippen LogP contribution is -2.23. The maximum atomic E-state index is 13.1. The van der Waals surface area contributed by atoms with E-state index in [0.29, 0.717) is 22.6 Å². The van der Waals surface area contributed by atoms with Gasteiger partial charge in [-0.15, -0.1) is 0 Å². The Hall–Kier alpha value is -4.48. The van der Waals surface area contributed by atoms with Gasteiger partial charge in [-0.05, 0) is 38.5 Å². The molecule has 0 bridgehead atoms. The molecule has 0 unspecified atom stereocenters. The van der Waals surface area contributed by atoms with Gasteiger partial charge in [-0.25, -0.2) is 24.7 Å². The number of alkyl halides is 3. The highest BCUT2D eigenvalue weighted by molar-refractivity contribution is 5.77. The van der Waals surface area contributed by atoms with Crippen molar-refractivity contribution in [2.24, 2.45) is 0 Å². The second-order valence-corrected chi connectivity index (χ2v) is 8.75. The zero-order valence-corrected chi connectivity index (χ0v) is 21.0. The van der Waals surface area contributed by atoms with Gasteiger partial charge >= 0.3 is 11.9 Å². The number of aryl methyl sites for hydroxylation is 1. The minimum absolute atomic E-state index is 0.0461. The van der Waals surface area contributed by atoms with Gasteiger partial charge in [-0.2, -0.15) is 13.2 Å². The first-order valence-corrected chi connectivity index (χ1v) is 12.1. The molecular formula is C26H25F3N8O. The van der Waals surface area contributed by atoms with Gasteiger partial charge < -0.3 is 14.9 Å². The van der Waals surface area contributed by atoms with Crippen LogP contribution in [0.5, 0.6) is 0 Å². The molecule has 0 atom stereocenters. The van der Waals surface area contributed by atoms with Gasteiger partial charge in [0, 0.05) is 30.5 Å². The number of benzene rings is 1. The summed E-state index contributed by atoms with van der Waals surface area (Å²) in [5.74, 6) is 1.34. The quantitative estimate of drug-likeness (QED) is 0.318. The first-order valence-electron chi connectivity index (χ1n) is 12.1. The Balaban J connectivity index is 1.47. The highest BCUT2D eigenvalue weighted by Gasteiger charge is 2.36. The van der Waals surface area contributed by atoms with Crippen molar-refractivity contribution < 1.29 is 13.2 Å². The van der Waals surface area contributed by atoms with Gasteiger partial charge in [-0.3, -0.25) is 4.57 Å². The number of rotatable bonds is 7. The molecule has 0 saturated heterocycles. The first-order chi connectivity index (χ1) is 18.2. The molecule has 12 heteroatoms. The molecule has 2 N–H and O–H groups in total. The number of nitrogens with zero attached hydrogens (tertiary/aromatic N) is 6. The molecule has 1 aromatic carbocycles. The average Bonchev–Trinajstić information content (AvgIpc) is 3.45. The molecule has 0 aliphatic rings. The fourth-order valence-electron chi connectivity index (χ4n) is 4.39. The van der Waals surface area contributed by atoms with E-state index in [2.05, 4.69) is 29.8 Å². The number of fused-ring (bicyclic) bond motifs is 1. The summed E-state index contributed by atoms with van der Waals surface area (Å²) < 4.78 is 40.9. The van der Waals surface area contributed by atoms with E-state index in [4.69, 9.17) is 4.98 Å². The number of nitrogens with one attached hydrogen (secondary N) is 2. The molecule has 0 radical (unpaired) electrons. The Morgan fingerprint density at radius 2 is 1.74 bits per heavy atom. The number of aromatic amines is 2. The molecule has 4 heterocycles. The van der Waals surface area contributed by atoms with Crippen LogP contribution in [0, 0.1) is 6.92 Å². The molecule has 0 saturated carbocycles. The number of pyridine rings is 1. The number of H-pyrrole nitrogens is 2. The van der Waals surface area contributed by atoms with Crippen molar-refractivity contribution in [1.29, 1.82) is 0 Å². The maximum absolute atomic E-state index is 13.1. The summed E-state index contributed by atoms with van der Waals surface area (Å²) in [7, 11) is 0. The SMILES string of the molecule is CCN(CC)c1ncccc1-c1ncc2[nH]c(=O)n(Cc3ccc(-c4nc(C(F)(F)F)c(C)[nH]4)cc3)c2n1. The molecule has 196 valence electrons. The van der Waals surface area contributed by atoms with Crippen LogP contribution >= 0.6 is 0 Å². The largest absolute Gasteiger partial charge is 0.435 e. The molecular weight excluding hydrogens is 497 g/mol. The Morgan fingerprint density at radius 1 is 1.00 bits per heavy atom. The van der Waals surface area contributed by atoms with E-state index in [1.165, 1.54) is 11.5 Å². The van der Waals surface area contributed by atoms with Crippen LogP contribution in [0.3, 0.4) is 0 Å². The Morgan fingerprint density at radius 3 is 2.39 bits per heavy atom. The van der Waals surface area contributed by atoms with Gasteiger partial charge in [0.2, 0.25) is 0 Å². The second kappa shape index (κ2) is 9.77. The molecule has 38 heavy (non-hydrogen) atoms. The standard InChI is InChI=1S/C26H25F3N8O/c1-4-36(5-2)23-18(7-6-12-30-23)22-31-13-19-24(35-22)37(25(38)33-19)14-16-8-10-17(11-9-16)21-32-15(3)20(34-21)26(27,28)29/h6-13H,4-5,14H2,1-3H3,(H,32,34)(H,33,38). The van der Waals surface area contributed by atoms with E-state index in [1.807, 2.05) is 26.0 Å². The number of hydrogen-bond donors (Lipinski definition) is 2. The smallest absolute Gasteiger partial charge is 0.357 e. The maximum Gasteiger partial charge on any atom is 0.435 e. The molecule has 0 spiro atoms. The van der Waals surface area contributed by atoms with Crippen molar-refractivity contribution in [3.63, 3.8) is 0 Å². The summed E-state index contributed by atoms with van der Waals surface area (Å²) >= 11 is 0. The molecule has 0 amide bonds. The van der Waals surface area contributed by atoms with Crippen LogP contribution in [0.25, 0.3) is 33.9 Å². The zero-order chi connectivity index (χ0) is 27.0. The van der Waals surface area contributed by atoms with Crippen LogP contribution in [0.4, 0.5) is 19.0 Å². The van der Waals surface area contributed by atoms with E-state index in [0.717, 1.165) is 30.0 Å². The molecule has 4 aromatic heterocycles. The van der Waals surface area contributed by atoms with Gasteiger partial charge in [0.15, 0.2) is 17.2 Å². The van der Waals surface area contributed by atoms with Gasteiger partial charge in [0.25, 0.3) is 0 Å². The molecule has 5 rings (SSSR count). The molecule has 0 aliphatic heterocycles. The van der Waals surface area contributed by atoms with Crippen LogP contribution in [-0.2, 0) is 12.7 Å². The fourth-order valence-corrected chi connectivity index (χ4v) is 4.39. The predicted molar refractivity (Wildman–Crippen MR) is 138 cm³/mol. The summed E-state index contributed by atoms with van der Waals surface area (Å²) in [6.45, 7) is 7.17. The van der Waals surface area contributed by atoms with E-state index < -0.39 is 11.9 Å². The Kier molecular flexibility index (Phi) is 6.47. The topological polar surface area (TPSA) is 108 Å². The van der Waals surface area contributed by atoms with Crippen LogP contribution in [0.2, 0.25) is 0 Å². The summed E-state index contributed by atoms with van der Waals surface area (Å²) in [6, 6.07) is 10.5. The Bertz CT molecular complexity index is 1650. The molecule has 0 aliphatic carbocycles. The lowest BCUT2D eigenvalue weighted by molar-refractivity contribution is -0.141. The highest BCUT2D eigenvalue weighted by Crippen LogP contribution is 2.32. The fraction of sp³-hybridized carbons (Fsp3) is 0.269. The first kappa shape index (κ1) is 25.2. The van der Waals surface area contributed by atoms with Crippen molar-refractivity contribution in [3.05, 3.63) is 76.2 Å². The number of aromatic nitrogens is 7.